The van der Waals surface area contributed by atoms with Crippen LogP contribution in [0.25, 0.3) is 0 Å². The quantitative estimate of drug-likeness (QED) is 0.761. The fraction of sp³-hybridized carbons (Fsp3) is 0.273. The number of aromatic carboxylic acids is 1. The highest BCUT2D eigenvalue weighted by molar-refractivity contribution is 8.00. The summed E-state index contributed by atoms with van der Waals surface area (Å²) < 4.78 is 25.7. The van der Waals surface area contributed by atoms with E-state index in [4.69, 9.17) is 5.11 Å². The average Bonchev–Trinajstić information content (AvgIpc) is 2.84. The molecule has 1 aromatic heterocycles. The van der Waals surface area contributed by atoms with Crippen LogP contribution in [-0.2, 0) is 16.9 Å². The molecular weight excluding hydrogens is 316 g/mol. The Morgan fingerprint density at radius 1 is 1.33 bits per heavy atom. The first-order valence-corrected chi connectivity index (χ1v) is 8.45. The SMILES string of the molecule is Cn1nnnc1SCCS(=O)(=O)c1ccc(C(=O)O)cc1. The van der Waals surface area contributed by atoms with E-state index in [2.05, 4.69) is 15.5 Å². The van der Waals surface area contributed by atoms with Crippen LogP contribution in [0.1, 0.15) is 10.4 Å². The van der Waals surface area contributed by atoms with Crippen molar-refractivity contribution in [2.45, 2.75) is 10.1 Å². The van der Waals surface area contributed by atoms with Gasteiger partial charge < -0.3 is 5.11 Å². The number of benzene rings is 1. The molecule has 0 unspecified atom stereocenters. The first-order valence-electron chi connectivity index (χ1n) is 5.81. The van der Waals surface area contributed by atoms with Crippen LogP contribution >= 0.6 is 11.8 Å². The summed E-state index contributed by atoms with van der Waals surface area (Å²) in [6, 6.07) is 5.14. The average molecular weight is 328 g/mol. The molecule has 10 heteroatoms. The second kappa shape index (κ2) is 6.22. The molecule has 0 saturated carbocycles. The van der Waals surface area contributed by atoms with Gasteiger partial charge in [0.25, 0.3) is 0 Å². The predicted octanol–water partition coefficient (Wildman–Crippen LogP) is 0.474. The molecule has 21 heavy (non-hydrogen) atoms. The van der Waals surface area contributed by atoms with Crippen molar-refractivity contribution in [1.29, 1.82) is 0 Å². The Bertz CT molecular complexity index is 740. The highest BCUT2D eigenvalue weighted by Gasteiger charge is 2.16. The van der Waals surface area contributed by atoms with Crippen LogP contribution in [0.15, 0.2) is 34.3 Å². The van der Waals surface area contributed by atoms with E-state index in [0.717, 1.165) is 0 Å². The van der Waals surface area contributed by atoms with Crippen LogP contribution in [0.5, 0.6) is 0 Å². The molecule has 0 amide bonds. The van der Waals surface area contributed by atoms with E-state index in [-0.39, 0.29) is 16.2 Å². The van der Waals surface area contributed by atoms with Gasteiger partial charge in [0.2, 0.25) is 5.16 Å². The predicted molar refractivity (Wildman–Crippen MR) is 75.0 cm³/mol. The molecule has 112 valence electrons. The van der Waals surface area contributed by atoms with Gasteiger partial charge in [-0.3, -0.25) is 0 Å². The fourth-order valence-corrected chi connectivity index (χ4v) is 4.01. The molecule has 0 saturated heterocycles. The van der Waals surface area contributed by atoms with E-state index >= 15 is 0 Å². The zero-order chi connectivity index (χ0) is 15.5. The van der Waals surface area contributed by atoms with Gasteiger partial charge >= 0.3 is 5.97 Å². The molecule has 1 aromatic carbocycles. The van der Waals surface area contributed by atoms with Crippen molar-refractivity contribution in [3.8, 4) is 0 Å². The van der Waals surface area contributed by atoms with Crippen LogP contribution in [0.3, 0.4) is 0 Å². The fourth-order valence-electron chi connectivity index (χ4n) is 1.51. The van der Waals surface area contributed by atoms with Gasteiger partial charge in [-0.15, -0.1) is 5.10 Å². The summed E-state index contributed by atoms with van der Waals surface area (Å²) >= 11 is 1.24. The summed E-state index contributed by atoms with van der Waals surface area (Å²) in [5.74, 6) is -0.877. The van der Waals surface area contributed by atoms with Gasteiger partial charge in [-0.05, 0) is 34.7 Å². The number of carbonyl (C=O) groups is 1. The van der Waals surface area contributed by atoms with Gasteiger partial charge in [-0.25, -0.2) is 17.9 Å². The second-order valence-corrected chi connectivity index (χ2v) is 7.25. The molecule has 0 aliphatic carbocycles. The number of hydrogen-bond acceptors (Lipinski definition) is 7. The molecule has 0 atom stereocenters. The molecule has 0 radical (unpaired) electrons. The number of carboxylic acid groups (broad SMARTS) is 1. The van der Waals surface area contributed by atoms with Crippen molar-refractivity contribution in [3.63, 3.8) is 0 Å². The normalized spacial score (nSPS) is 11.5. The molecule has 0 fully saturated rings. The highest BCUT2D eigenvalue weighted by atomic mass is 32.2. The summed E-state index contributed by atoms with van der Waals surface area (Å²) in [4.78, 5) is 10.8. The summed E-state index contributed by atoms with van der Waals surface area (Å²) in [5.41, 5.74) is 0.0495. The third kappa shape index (κ3) is 3.79. The largest absolute Gasteiger partial charge is 0.478 e. The Balaban J connectivity index is 2.01. The van der Waals surface area contributed by atoms with E-state index in [1.807, 2.05) is 0 Å². The number of aryl methyl sites for hydroxylation is 1. The maximum Gasteiger partial charge on any atom is 0.335 e. The van der Waals surface area contributed by atoms with Crippen LogP contribution < -0.4 is 0 Å². The Morgan fingerprint density at radius 3 is 2.52 bits per heavy atom. The smallest absolute Gasteiger partial charge is 0.335 e. The van der Waals surface area contributed by atoms with Gasteiger partial charge in [0.1, 0.15) is 0 Å². The molecule has 0 spiro atoms. The highest BCUT2D eigenvalue weighted by Crippen LogP contribution is 2.17. The van der Waals surface area contributed by atoms with E-state index in [1.165, 1.54) is 40.7 Å². The number of tetrazole rings is 1. The first-order chi connectivity index (χ1) is 9.90. The molecule has 2 aromatic rings. The number of rotatable bonds is 6. The van der Waals surface area contributed by atoms with E-state index in [0.29, 0.717) is 10.9 Å². The van der Waals surface area contributed by atoms with Crippen molar-refractivity contribution in [1.82, 2.24) is 20.2 Å². The lowest BCUT2D eigenvalue weighted by atomic mass is 10.2. The Hall–Kier alpha value is -1.94. The molecule has 0 aliphatic heterocycles. The minimum absolute atomic E-state index is 0.0495. The van der Waals surface area contributed by atoms with Crippen molar-refractivity contribution in [2.75, 3.05) is 11.5 Å². The Kier molecular flexibility index (Phi) is 4.58. The van der Waals surface area contributed by atoms with Gasteiger partial charge in [-0.1, -0.05) is 11.8 Å². The number of thioether (sulfide) groups is 1. The zero-order valence-corrected chi connectivity index (χ0v) is 12.6. The zero-order valence-electron chi connectivity index (χ0n) is 11.0. The first kappa shape index (κ1) is 15.4. The number of hydrogen-bond donors (Lipinski definition) is 1. The van der Waals surface area contributed by atoms with Crippen molar-refractivity contribution in [2.24, 2.45) is 7.05 Å². The molecule has 0 bridgehead atoms. The van der Waals surface area contributed by atoms with Crippen LogP contribution in [0.4, 0.5) is 0 Å². The van der Waals surface area contributed by atoms with Gasteiger partial charge in [0, 0.05) is 12.8 Å². The number of carboxylic acids is 1. The Labute approximate surface area is 125 Å². The molecule has 1 heterocycles. The van der Waals surface area contributed by atoms with Gasteiger partial charge in [-0.2, -0.15) is 0 Å². The maximum absolute atomic E-state index is 12.1. The molecule has 8 nitrogen and oxygen atoms in total. The van der Waals surface area contributed by atoms with E-state index in [1.54, 1.807) is 7.05 Å². The van der Waals surface area contributed by atoms with Crippen molar-refractivity contribution >= 4 is 27.6 Å². The topological polar surface area (TPSA) is 115 Å². The summed E-state index contributed by atoms with van der Waals surface area (Å²) in [6.45, 7) is 0. The van der Waals surface area contributed by atoms with Crippen LogP contribution in [0.2, 0.25) is 0 Å². The molecule has 0 aliphatic rings. The van der Waals surface area contributed by atoms with E-state index in [9.17, 15) is 13.2 Å². The number of aromatic nitrogens is 4. The van der Waals surface area contributed by atoms with Crippen molar-refractivity contribution in [3.05, 3.63) is 29.8 Å². The maximum atomic E-state index is 12.1. The monoisotopic (exact) mass is 328 g/mol. The molecular formula is C11H12N4O4S2. The number of nitrogens with zero attached hydrogens (tertiary/aromatic N) is 4. The minimum Gasteiger partial charge on any atom is -0.478 e. The second-order valence-electron chi connectivity index (χ2n) is 4.08. The lowest BCUT2D eigenvalue weighted by molar-refractivity contribution is 0.0696. The third-order valence-corrected chi connectivity index (χ3v) is 5.63. The summed E-state index contributed by atoms with van der Waals surface area (Å²) in [6.07, 6.45) is 0. The number of sulfone groups is 1. The standard InChI is InChI=1S/C11H12N4O4S2/c1-15-11(12-13-14-15)20-6-7-21(18,19)9-4-2-8(3-5-9)10(16)17/h2-5H,6-7H2,1H3,(H,16,17). The minimum atomic E-state index is -3.46. The van der Waals surface area contributed by atoms with E-state index < -0.39 is 15.8 Å². The lowest BCUT2D eigenvalue weighted by Crippen LogP contribution is -2.10. The summed E-state index contributed by atoms with van der Waals surface area (Å²) in [5, 5.41) is 20.2. The Morgan fingerprint density at radius 2 is 2.00 bits per heavy atom. The van der Waals surface area contributed by atoms with Gasteiger partial charge in [0.05, 0.1) is 16.2 Å². The van der Waals surface area contributed by atoms with Crippen LogP contribution in [-0.4, -0.2) is 51.2 Å². The molecule has 2 rings (SSSR count). The molecule has 1 N–H and O–H groups in total. The van der Waals surface area contributed by atoms with Crippen LogP contribution in [0, 0.1) is 0 Å². The van der Waals surface area contributed by atoms with Crippen molar-refractivity contribution < 1.29 is 18.3 Å². The van der Waals surface area contributed by atoms with Gasteiger partial charge in [0.15, 0.2) is 9.84 Å². The summed E-state index contributed by atoms with van der Waals surface area (Å²) in [7, 11) is -1.79. The lowest BCUT2D eigenvalue weighted by Gasteiger charge is -2.04. The third-order valence-electron chi connectivity index (χ3n) is 2.62.